The number of rotatable bonds is 3. The Morgan fingerprint density at radius 3 is 2.25 bits per heavy atom. The van der Waals surface area contributed by atoms with E-state index in [0.29, 0.717) is 0 Å². The van der Waals surface area contributed by atoms with Crippen LogP contribution in [0.1, 0.15) is 16.7 Å². The van der Waals surface area contributed by atoms with Gasteiger partial charge in [0.1, 0.15) is 0 Å². The summed E-state index contributed by atoms with van der Waals surface area (Å²) >= 11 is 0. The van der Waals surface area contributed by atoms with E-state index >= 15 is 0 Å². The van der Waals surface area contributed by atoms with Gasteiger partial charge in [0.15, 0.2) is 0 Å². The molecule has 0 atom stereocenters. The second-order valence-corrected chi connectivity index (χ2v) is 4.00. The summed E-state index contributed by atoms with van der Waals surface area (Å²) in [4.78, 5) is 0. The number of hydrogen-bond donors (Lipinski definition) is 0. The Morgan fingerprint density at radius 1 is 0.875 bits per heavy atom. The molecule has 0 radical (unpaired) electrons. The van der Waals surface area contributed by atoms with E-state index in [1.807, 2.05) is 6.07 Å². The Balaban J connectivity index is 1.98. The van der Waals surface area contributed by atoms with E-state index < -0.39 is 0 Å². The predicted octanol–water partition coefficient (Wildman–Crippen LogP) is 4.25. The fraction of sp³-hybridized carbons (Fsp3) is 0.125. The van der Waals surface area contributed by atoms with Gasteiger partial charge in [-0.05, 0) is 24.5 Å². The summed E-state index contributed by atoms with van der Waals surface area (Å²) in [6.07, 6.45) is 5.38. The van der Waals surface area contributed by atoms with Crippen molar-refractivity contribution < 1.29 is 0 Å². The molecule has 0 heteroatoms. The van der Waals surface area contributed by atoms with E-state index in [1.165, 1.54) is 16.7 Å². The predicted molar refractivity (Wildman–Crippen MR) is 70.4 cm³/mol. The second kappa shape index (κ2) is 5.32. The SMILES string of the molecule is Cc1ccc(C=CCc2ccccc2)cc1. The van der Waals surface area contributed by atoms with E-state index in [4.69, 9.17) is 0 Å². The first-order valence-corrected chi connectivity index (χ1v) is 5.62. The standard InChI is InChI=1S/C16H16/c1-14-10-12-16(13-11-14)9-5-8-15-6-3-2-4-7-15/h2-7,9-13H,8H2,1H3. The highest BCUT2D eigenvalue weighted by molar-refractivity contribution is 5.50. The minimum absolute atomic E-state index is 0.995. The zero-order valence-electron chi connectivity index (χ0n) is 9.56. The zero-order chi connectivity index (χ0) is 11.2. The van der Waals surface area contributed by atoms with Crippen LogP contribution in [0.15, 0.2) is 60.7 Å². The van der Waals surface area contributed by atoms with Crippen molar-refractivity contribution in [3.63, 3.8) is 0 Å². The van der Waals surface area contributed by atoms with Crippen LogP contribution in [-0.2, 0) is 6.42 Å². The molecular weight excluding hydrogens is 192 g/mol. The maximum absolute atomic E-state index is 2.21. The van der Waals surface area contributed by atoms with Crippen LogP contribution in [0.5, 0.6) is 0 Å². The quantitative estimate of drug-likeness (QED) is 0.707. The fourth-order valence-corrected chi connectivity index (χ4v) is 1.62. The summed E-state index contributed by atoms with van der Waals surface area (Å²) in [6, 6.07) is 19.1. The average molecular weight is 208 g/mol. The Morgan fingerprint density at radius 2 is 1.56 bits per heavy atom. The molecule has 0 N–H and O–H groups in total. The fourth-order valence-electron chi connectivity index (χ4n) is 1.62. The van der Waals surface area contributed by atoms with Crippen molar-refractivity contribution in [3.8, 4) is 0 Å². The molecule has 0 saturated heterocycles. The van der Waals surface area contributed by atoms with Crippen LogP contribution in [0.25, 0.3) is 6.08 Å². The molecular formula is C16H16. The van der Waals surface area contributed by atoms with E-state index in [-0.39, 0.29) is 0 Å². The van der Waals surface area contributed by atoms with Gasteiger partial charge in [0.25, 0.3) is 0 Å². The molecule has 0 unspecified atom stereocenters. The van der Waals surface area contributed by atoms with Gasteiger partial charge in [-0.25, -0.2) is 0 Å². The largest absolute Gasteiger partial charge is 0.0795 e. The monoisotopic (exact) mass is 208 g/mol. The molecule has 0 heterocycles. The topological polar surface area (TPSA) is 0 Å². The molecule has 80 valence electrons. The van der Waals surface area contributed by atoms with Gasteiger partial charge in [-0.15, -0.1) is 0 Å². The molecule has 0 aromatic heterocycles. The average Bonchev–Trinajstić information content (AvgIpc) is 2.33. The first kappa shape index (κ1) is 10.7. The number of aryl methyl sites for hydroxylation is 1. The Hall–Kier alpha value is -1.82. The summed E-state index contributed by atoms with van der Waals surface area (Å²) in [6.45, 7) is 2.11. The van der Waals surface area contributed by atoms with Gasteiger partial charge in [0, 0.05) is 0 Å². The number of allylic oxidation sites excluding steroid dienone is 1. The van der Waals surface area contributed by atoms with E-state index in [9.17, 15) is 0 Å². The van der Waals surface area contributed by atoms with Crippen molar-refractivity contribution in [2.24, 2.45) is 0 Å². The van der Waals surface area contributed by atoms with E-state index in [1.54, 1.807) is 0 Å². The molecule has 0 nitrogen and oxygen atoms in total. The second-order valence-electron chi connectivity index (χ2n) is 4.00. The van der Waals surface area contributed by atoms with Gasteiger partial charge in [-0.2, -0.15) is 0 Å². The first-order valence-electron chi connectivity index (χ1n) is 5.62. The highest BCUT2D eigenvalue weighted by Crippen LogP contribution is 2.07. The number of benzene rings is 2. The van der Waals surface area contributed by atoms with E-state index in [0.717, 1.165) is 6.42 Å². The third-order valence-corrected chi connectivity index (χ3v) is 2.58. The summed E-state index contributed by atoms with van der Waals surface area (Å²) < 4.78 is 0. The van der Waals surface area contributed by atoms with Crippen molar-refractivity contribution in [2.75, 3.05) is 0 Å². The zero-order valence-corrected chi connectivity index (χ0v) is 9.56. The molecule has 2 rings (SSSR count). The van der Waals surface area contributed by atoms with Gasteiger partial charge in [0.05, 0.1) is 0 Å². The minimum atomic E-state index is 0.995. The molecule has 0 aliphatic heterocycles. The van der Waals surface area contributed by atoms with Gasteiger partial charge in [0.2, 0.25) is 0 Å². The number of hydrogen-bond acceptors (Lipinski definition) is 0. The van der Waals surface area contributed by atoms with Gasteiger partial charge in [-0.1, -0.05) is 72.3 Å². The van der Waals surface area contributed by atoms with Gasteiger partial charge >= 0.3 is 0 Å². The molecule has 2 aromatic rings. The molecule has 0 fully saturated rings. The van der Waals surface area contributed by atoms with Crippen LogP contribution in [-0.4, -0.2) is 0 Å². The normalized spacial score (nSPS) is 10.8. The Bertz CT molecular complexity index is 449. The van der Waals surface area contributed by atoms with Crippen molar-refractivity contribution in [3.05, 3.63) is 77.4 Å². The molecule has 2 aromatic carbocycles. The Kier molecular flexibility index (Phi) is 3.55. The molecule has 0 saturated carbocycles. The molecule has 0 amide bonds. The van der Waals surface area contributed by atoms with Crippen LogP contribution < -0.4 is 0 Å². The smallest absolute Gasteiger partial charge is 0.00941 e. The van der Waals surface area contributed by atoms with Crippen LogP contribution >= 0.6 is 0 Å². The van der Waals surface area contributed by atoms with Crippen LogP contribution in [0.3, 0.4) is 0 Å². The lowest BCUT2D eigenvalue weighted by Crippen LogP contribution is -1.79. The summed E-state index contributed by atoms with van der Waals surface area (Å²) in [5.41, 5.74) is 3.92. The highest BCUT2D eigenvalue weighted by atomic mass is 13.9. The third kappa shape index (κ3) is 3.09. The summed E-state index contributed by atoms with van der Waals surface area (Å²) in [7, 11) is 0. The lowest BCUT2D eigenvalue weighted by atomic mass is 10.1. The minimum Gasteiger partial charge on any atom is -0.0795 e. The molecule has 0 bridgehead atoms. The Labute approximate surface area is 97.3 Å². The summed E-state index contributed by atoms with van der Waals surface area (Å²) in [5, 5.41) is 0. The van der Waals surface area contributed by atoms with Crippen LogP contribution in [0.4, 0.5) is 0 Å². The molecule has 0 spiro atoms. The maximum atomic E-state index is 2.21. The maximum Gasteiger partial charge on any atom is -0.00941 e. The van der Waals surface area contributed by atoms with E-state index in [2.05, 4.69) is 67.6 Å². The lowest BCUT2D eigenvalue weighted by Gasteiger charge is -1.96. The van der Waals surface area contributed by atoms with Crippen molar-refractivity contribution in [1.82, 2.24) is 0 Å². The van der Waals surface area contributed by atoms with Gasteiger partial charge < -0.3 is 0 Å². The third-order valence-electron chi connectivity index (χ3n) is 2.58. The molecule has 16 heavy (non-hydrogen) atoms. The molecule has 0 aliphatic rings. The van der Waals surface area contributed by atoms with Crippen LogP contribution in [0, 0.1) is 6.92 Å². The summed E-state index contributed by atoms with van der Waals surface area (Å²) in [5.74, 6) is 0. The van der Waals surface area contributed by atoms with Crippen molar-refractivity contribution in [2.45, 2.75) is 13.3 Å². The lowest BCUT2D eigenvalue weighted by molar-refractivity contribution is 1.28. The van der Waals surface area contributed by atoms with Crippen LogP contribution in [0.2, 0.25) is 0 Å². The van der Waals surface area contributed by atoms with Gasteiger partial charge in [-0.3, -0.25) is 0 Å². The highest BCUT2D eigenvalue weighted by Gasteiger charge is 1.88. The molecule has 0 aliphatic carbocycles. The van der Waals surface area contributed by atoms with Crippen molar-refractivity contribution in [1.29, 1.82) is 0 Å². The first-order chi connectivity index (χ1) is 7.84. The van der Waals surface area contributed by atoms with Crippen molar-refractivity contribution >= 4 is 6.08 Å².